The summed E-state index contributed by atoms with van der Waals surface area (Å²) >= 11 is 6.05. The van der Waals surface area contributed by atoms with Gasteiger partial charge in [0.15, 0.2) is 0 Å². The third-order valence-corrected chi connectivity index (χ3v) is 2.47. The summed E-state index contributed by atoms with van der Waals surface area (Å²) < 4.78 is 32.7. The molecule has 0 spiro atoms. The summed E-state index contributed by atoms with van der Waals surface area (Å²) in [5.41, 5.74) is 2.35. The summed E-state index contributed by atoms with van der Waals surface area (Å²) in [6, 6.07) is 8.17. The van der Waals surface area contributed by atoms with Crippen molar-refractivity contribution in [3.05, 3.63) is 35.9 Å². The monoisotopic (exact) mass is 279 g/mol. The molecule has 0 amide bonds. The highest BCUT2D eigenvalue weighted by molar-refractivity contribution is 6.49. The van der Waals surface area contributed by atoms with Crippen LogP contribution in [0, 0.1) is 10.2 Å². The Balaban J connectivity index is 0.000000249. The van der Waals surface area contributed by atoms with Crippen molar-refractivity contribution in [2.24, 2.45) is 0 Å². The zero-order chi connectivity index (χ0) is 13.1. The standard InChI is InChI=1S/C10H10ClN.ClHO4/c1-12-7-6-9(11)8-4-2-3-5-10(8)12;2-1(3,4)5/h2-6H,7H2,1H3;(H,2,3,4,5). The van der Waals surface area contributed by atoms with Crippen molar-refractivity contribution in [2.75, 3.05) is 18.5 Å². The van der Waals surface area contributed by atoms with Crippen LogP contribution < -0.4 is 18.9 Å². The predicted molar refractivity (Wildman–Crippen MR) is 55.8 cm³/mol. The molecule has 0 fully saturated rings. The molecule has 0 bridgehead atoms. The van der Waals surface area contributed by atoms with Crippen LogP contribution in [0.25, 0.3) is 5.03 Å². The van der Waals surface area contributed by atoms with Crippen molar-refractivity contribution in [2.45, 2.75) is 0 Å². The summed E-state index contributed by atoms with van der Waals surface area (Å²) in [6.45, 7) is 0.899. The maximum atomic E-state index is 8.60. The highest BCUT2D eigenvalue weighted by atomic mass is 35.7. The third-order valence-electron chi connectivity index (χ3n) is 2.12. The third kappa shape index (κ3) is 4.91. The molecule has 0 saturated heterocycles. The number of rotatable bonds is 0. The molecule has 1 aliphatic heterocycles. The molecule has 0 unspecified atom stereocenters. The Morgan fingerprint density at radius 2 is 1.82 bits per heavy atom. The molecule has 2 rings (SSSR count). The van der Waals surface area contributed by atoms with E-state index in [4.69, 9.17) is 30.2 Å². The molecular weight excluding hydrogens is 269 g/mol. The van der Waals surface area contributed by atoms with Crippen LogP contribution in [0.3, 0.4) is 0 Å². The Morgan fingerprint density at radius 1 is 1.29 bits per heavy atom. The lowest BCUT2D eigenvalue weighted by molar-refractivity contribution is -1.92. The quantitative estimate of drug-likeness (QED) is 0.630. The molecule has 1 heterocycles. The van der Waals surface area contributed by atoms with E-state index < -0.39 is 10.2 Å². The molecule has 1 N–H and O–H groups in total. The molecule has 0 saturated carbocycles. The normalized spacial score (nSPS) is 14.5. The fourth-order valence-corrected chi connectivity index (χ4v) is 1.66. The van der Waals surface area contributed by atoms with E-state index in [1.54, 1.807) is 0 Å². The van der Waals surface area contributed by atoms with Crippen molar-refractivity contribution >= 4 is 22.3 Å². The van der Waals surface area contributed by atoms with Gasteiger partial charge in [-0.25, -0.2) is 0 Å². The molecule has 17 heavy (non-hydrogen) atoms. The fraction of sp³-hybridized carbons (Fsp3) is 0.200. The maximum absolute atomic E-state index is 8.60. The Labute approximate surface area is 106 Å². The molecule has 1 aromatic carbocycles. The van der Waals surface area contributed by atoms with Gasteiger partial charge in [0.2, 0.25) is 0 Å². The Morgan fingerprint density at radius 3 is 2.35 bits per heavy atom. The summed E-state index contributed by atoms with van der Waals surface area (Å²) in [7, 11) is -2.63. The number of hydrogen-bond donors (Lipinski definition) is 1. The minimum Gasteiger partial charge on any atom is -0.370 e. The molecule has 0 aliphatic carbocycles. The number of anilines is 1. The number of halogens is 2. The minimum atomic E-state index is -4.69. The maximum Gasteiger partial charge on any atom is 0.0777 e. The van der Waals surface area contributed by atoms with Gasteiger partial charge in [-0.3, -0.25) is 0 Å². The summed E-state index contributed by atoms with van der Waals surface area (Å²) in [6.07, 6.45) is 2.03. The van der Waals surface area contributed by atoms with Crippen LogP contribution in [0.4, 0.5) is 5.69 Å². The van der Waals surface area contributed by atoms with Crippen molar-refractivity contribution in [3.8, 4) is 0 Å². The lowest BCUT2D eigenvalue weighted by atomic mass is 10.1. The lowest BCUT2D eigenvalue weighted by Gasteiger charge is -2.24. The van der Waals surface area contributed by atoms with E-state index >= 15 is 0 Å². The van der Waals surface area contributed by atoms with Crippen molar-refractivity contribution in [1.82, 2.24) is 0 Å². The van der Waals surface area contributed by atoms with Gasteiger partial charge in [-0.15, -0.1) is 0 Å². The highest BCUT2D eigenvalue weighted by Crippen LogP contribution is 2.32. The second-order valence-electron chi connectivity index (χ2n) is 3.35. The highest BCUT2D eigenvalue weighted by Gasteiger charge is 2.12. The summed E-state index contributed by atoms with van der Waals surface area (Å²) in [5.74, 6) is 0. The van der Waals surface area contributed by atoms with E-state index in [-0.39, 0.29) is 0 Å². The average Bonchev–Trinajstić information content (AvgIpc) is 2.22. The smallest absolute Gasteiger partial charge is 0.0777 e. The van der Waals surface area contributed by atoms with E-state index in [0.717, 1.165) is 17.1 Å². The minimum absolute atomic E-state index is 0.865. The van der Waals surface area contributed by atoms with E-state index in [9.17, 15) is 0 Å². The summed E-state index contributed by atoms with van der Waals surface area (Å²) in [4.78, 5) is 2.18. The SMILES string of the molecule is CN1CC=C(Cl)c2ccccc21.[O-][Cl+3]([O-])([O-])O. The van der Waals surface area contributed by atoms with Gasteiger partial charge >= 0.3 is 0 Å². The van der Waals surface area contributed by atoms with Crippen molar-refractivity contribution in [3.63, 3.8) is 0 Å². The second kappa shape index (κ2) is 5.68. The number of hydrogen-bond acceptors (Lipinski definition) is 5. The zero-order valence-corrected chi connectivity index (χ0v) is 10.5. The van der Waals surface area contributed by atoms with Gasteiger partial charge in [0.25, 0.3) is 0 Å². The van der Waals surface area contributed by atoms with Gasteiger partial charge in [0.05, 0.1) is 14.9 Å². The van der Waals surface area contributed by atoms with Gasteiger partial charge in [0.1, 0.15) is 0 Å². The first kappa shape index (κ1) is 14.2. The molecule has 0 radical (unpaired) electrons. The van der Waals surface area contributed by atoms with Crippen LogP contribution in [-0.4, -0.2) is 18.3 Å². The first-order chi connectivity index (χ1) is 7.79. The van der Waals surface area contributed by atoms with E-state index in [2.05, 4.69) is 18.0 Å². The number of fused-ring (bicyclic) bond motifs is 1. The molecule has 94 valence electrons. The van der Waals surface area contributed by atoms with Gasteiger partial charge in [0, 0.05) is 29.9 Å². The van der Waals surface area contributed by atoms with Gasteiger partial charge in [-0.2, -0.15) is 14.0 Å². The Kier molecular flexibility index (Phi) is 4.76. The second-order valence-corrected chi connectivity index (χ2v) is 4.54. The van der Waals surface area contributed by atoms with Crippen LogP contribution in [-0.2, 0) is 0 Å². The number of nitrogens with zero attached hydrogens (tertiary/aromatic N) is 1. The van der Waals surface area contributed by atoms with Crippen LogP contribution in [0.5, 0.6) is 0 Å². The van der Waals surface area contributed by atoms with E-state index in [0.29, 0.717) is 0 Å². The van der Waals surface area contributed by atoms with Crippen LogP contribution in [0.2, 0.25) is 0 Å². The Hall–Kier alpha value is -0.820. The Bertz CT molecular complexity index is 411. The molecule has 5 nitrogen and oxygen atoms in total. The largest absolute Gasteiger partial charge is 0.370 e. The molecule has 1 aliphatic rings. The van der Waals surface area contributed by atoms with Gasteiger partial charge in [-0.05, 0) is 12.1 Å². The first-order valence-corrected chi connectivity index (χ1v) is 6.22. The van der Waals surface area contributed by atoms with Gasteiger partial charge in [-0.1, -0.05) is 29.8 Å². The molecule has 0 atom stereocenters. The van der Waals surface area contributed by atoms with Crippen LogP contribution >= 0.6 is 11.6 Å². The fourth-order valence-electron chi connectivity index (χ4n) is 1.43. The molecule has 1 aromatic rings. The number of para-hydroxylation sites is 1. The molecule has 7 heteroatoms. The van der Waals surface area contributed by atoms with E-state index in [1.165, 1.54) is 5.69 Å². The average molecular weight is 280 g/mol. The van der Waals surface area contributed by atoms with Crippen molar-refractivity contribution in [1.29, 1.82) is 0 Å². The lowest BCUT2D eigenvalue weighted by Crippen LogP contribution is -2.58. The van der Waals surface area contributed by atoms with Crippen LogP contribution in [0.15, 0.2) is 30.3 Å². The summed E-state index contributed by atoms with van der Waals surface area (Å²) in [5, 5.41) is 0.865. The van der Waals surface area contributed by atoms with E-state index in [1.807, 2.05) is 24.3 Å². The topological polar surface area (TPSA) is 92.7 Å². The van der Waals surface area contributed by atoms with Gasteiger partial charge < -0.3 is 4.90 Å². The zero-order valence-electron chi connectivity index (χ0n) is 8.97. The van der Waals surface area contributed by atoms with Crippen molar-refractivity contribution < 1.29 is 28.9 Å². The van der Waals surface area contributed by atoms with Crippen LogP contribution in [0.1, 0.15) is 5.56 Å². The predicted octanol–water partition coefficient (Wildman–Crippen LogP) is -1.41. The molecule has 0 aromatic heterocycles. The molecular formula is C10H11Cl2NO4. The number of likely N-dealkylation sites (N-methyl/N-ethyl adjacent to an activating group) is 1. The number of benzene rings is 1. The first-order valence-electron chi connectivity index (χ1n) is 4.58.